The lowest BCUT2D eigenvalue weighted by atomic mass is 10.0. The fourth-order valence-electron chi connectivity index (χ4n) is 2.60. The Labute approximate surface area is 110 Å². The summed E-state index contributed by atoms with van der Waals surface area (Å²) in [5, 5.41) is 0. The van der Waals surface area contributed by atoms with Gasteiger partial charge >= 0.3 is 0 Å². The molecule has 3 nitrogen and oxygen atoms in total. The topological polar surface area (TPSA) is 38.5 Å². The van der Waals surface area contributed by atoms with E-state index in [0.717, 1.165) is 13.2 Å². The van der Waals surface area contributed by atoms with Crippen molar-refractivity contribution < 1.29 is 4.74 Å². The van der Waals surface area contributed by atoms with Gasteiger partial charge in [-0.1, -0.05) is 29.8 Å². The Morgan fingerprint density at radius 1 is 1.39 bits per heavy atom. The van der Waals surface area contributed by atoms with Gasteiger partial charge in [0.1, 0.15) is 0 Å². The lowest BCUT2D eigenvalue weighted by molar-refractivity contribution is 0.0689. The van der Waals surface area contributed by atoms with Crippen LogP contribution in [0.1, 0.15) is 30.0 Å². The van der Waals surface area contributed by atoms with Gasteiger partial charge in [0.05, 0.1) is 6.10 Å². The van der Waals surface area contributed by atoms with Crippen molar-refractivity contribution in [3.05, 3.63) is 35.4 Å². The fraction of sp³-hybridized carbons (Fsp3) is 0.600. The van der Waals surface area contributed by atoms with Crippen molar-refractivity contribution in [1.82, 2.24) is 4.90 Å². The van der Waals surface area contributed by atoms with Gasteiger partial charge in [-0.25, -0.2) is 0 Å². The van der Waals surface area contributed by atoms with E-state index in [9.17, 15) is 0 Å². The van der Waals surface area contributed by atoms with Gasteiger partial charge in [0.25, 0.3) is 0 Å². The van der Waals surface area contributed by atoms with Crippen LogP contribution in [0.5, 0.6) is 0 Å². The molecule has 1 aromatic carbocycles. The zero-order chi connectivity index (χ0) is 13.0. The Kier molecular flexibility index (Phi) is 4.75. The van der Waals surface area contributed by atoms with E-state index < -0.39 is 0 Å². The van der Waals surface area contributed by atoms with E-state index in [1.165, 1.54) is 24.0 Å². The molecule has 2 unspecified atom stereocenters. The molecule has 0 spiro atoms. The SMILES string of the molecule is Cc1ccc(C(CN)N(C)CC2CCCO2)cc1. The quantitative estimate of drug-likeness (QED) is 0.867. The number of hydrogen-bond acceptors (Lipinski definition) is 3. The van der Waals surface area contributed by atoms with Crippen LogP contribution in [0.4, 0.5) is 0 Å². The van der Waals surface area contributed by atoms with Crippen LogP contribution in [0.25, 0.3) is 0 Å². The number of rotatable bonds is 5. The summed E-state index contributed by atoms with van der Waals surface area (Å²) in [6.07, 6.45) is 2.75. The summed E-state index contributed by atoms with van der Waals surface area (Å²) in [6.45, 7) is 4.63. The molecule has 0 aliphatic carbocycles. The molecule has 2 rings (SSSR count). The normalized spacial score (nSPS) is 21.4. The van der Waals surface area contributed by atoms with Crippen molar-refractivity contribution in [3.63, 3.8) is 0 Å². The van der Waals surface area contributed by atoms with Crippen LogP contribution in [0.3, 0.4) is 0 Å². The van der Waals surface area contributed by atoms with Gasteiger partial charge in [0.15, 0.2) is 0 Å². The monoisotopic (exact) mass is 248 g/mol. The van der Waals surface area contributed by atoms with Crippen LogP contribution in [-0.4, -0.2) is 37.7 Å². The number of ether oxygens (including phenoxy) is 1. The Morgan fingerprint density at radius 2 is 2.11 bits per heavy atom. The zero-order valence-electron chi connectivity index (χ0n) is 11.4. The highest BCUT2D eigenvalue weighted by atomic mass is 16.5. The Bertz CT molecular complexity index is 357. The summed E-state index contributed by atoms with van der Waals surface area (Å²) >= 11 is 0. The molecular weight excluding hydrogens is 224 g/mol. The molecule has 1 saturated heterocycles. The third kappa shape index (κ3) is 3.31. The summed E-state index contributed by atoms with van der Waals surface area (Å²) in [4.78, 5) is 2.32. The number of benzene rings is 1. The van der Waals surface area contributed by atoms with E-state index >= 15 is 0 Å². The second kappa shape index (κ2) is 6.32. The second-order valence-corrected chi connectivity index (χ2v) is 5.24. The predicted octanol–water partition coefficient (Wildman–Crippen LogP) is 2.11. The molecule has 3 heteroatoms. The standard InChI is InChI=1S/C15H24N2O/c1-12-5-7-13(8-6-12)15(10-16)17(2)11-14-4-3-9-18-14/h5-8,14-15H,3-4,9-11,16H2,1-2H3. The van der Waals surface area contributed by atoms with Gasteiger partial charge < -0.3 is 10.5 Å². The predicted molar refractivity (Wildman–Crippen MR) is 74.6 cm³/mol. The van der Waals surface area contributed by atoms with E-state index in [2.05, 4.69) is 43.1 Å². The minimum absolute atomic E-state index is 0.287. The highest BCUT2D eigenvalue weighted by Crippen LogP contribution is 2.21. The van der Waals surface area contributed by atoms with Crippen molar-refractivity contribution in [1.29, 1.82) is 0 Å². The largest absolute Gasteiger partial charge is 0.377 e. The van der Waals surface area contributed by atoms with Crippen LogP contribution in [-0.2, 0) is 4.74 Å². The Balaban J connectivity index is 2.00. The third-order valence-electron chi connectivity index (χ3n) is 3.73. The highest BCUT2D eigenvalue weighted by molar-refractivity contribution is 5.24. The van der Waals surface area contributed by atoms with Gasteiger partial charge in [0, 0.05) is 25.7 Å². The van der Waals surface area contributed by atoms with Crippen LogP contribution in [0.15, 0.2) is 24.3 Å². The van der Waals surface area contributed by atoms with Crippen LogP contribution >= 0.6 is 0 Å². The smallest absolute Gasteiger partial charge is 0.0702 e. The molecule has 1 aliphatic heterocycles. The zero-order valence-corrected chi connectivity index (χ0v) is 11.4. The molecule has 0 bridgehead atoms. The van der Waals surface area contributed by atoms with Crippen molar-refractivity contribution in [2.45, 2.75) is 31.9 Å². The van der Waals surface area contributed by atoms with Crippen molar-refractivity contribution in [3.8, 4) is 0 Å². The first kappa shape index (κ1) is 13.5. The average molecular weight is 248 g/mol. The van der Waals surface area contributed by atoms with E-state index in [0.29, 0.717) is 12.6 Å². The first-order chi connectivity index (χ1) is 8.70. The maximum Gasteiger partial charge on any atom is 0.0702 e. The van der Waals surface area contributed by atoms with Gasteiger partial charge in [-0.3, -0.25) is 4.90 Å². The third-order valence-corrected chi connectivity index (χ3v) is 3.73. The summed E-state index contributed by atoms with van der Waals surface area (Å²) in [5.41, 5.74) is 8.52. The van der Waals surface area contributed by atoms with Crippen molar-refractivity contribution in [2.75, 3.05) is 26.7 Å². The number of aryl methyl sites for hydroxylation is 1. The lowest BCUT2D eigenvalue weighted by Gasteiger charge is -2.29. The van der Waals surface area contributed by atoms with Crippen molar-refractivity contribution >= 4 is 0 Å². The van der Waals surface area contributed by atoms with E-state index in [1.807, 2.05) is 0 Å². The van der Waals surface area contributed by atoms with Gasteiger partial charge in [-0.05, 0) is 32.4 Å². The van der Waals surface area contributed by atoms with E-state index in [-0.39, 0.29) is 6.04 Å². The van der Waals surface area contributed by atoms with Gasteiger partial charge in [0.2, 0.25) is 0 Å². The molecule has 0 radical (unpaired) electrons. The molecule has 0 saturated carbocycles. The molecule has 1 heterocycles. The minimum atomic E-state index is 0.287. The second-order valence-electron chi connectivity index (χ2n) is 5.24. The molecule has 18 heavy (non-hydrogen) atoms. The summed E-state index contributed by atoms with van der Waals surface area (Å²) in [6, 6.07) is 8.95. The molecule has 0 amide bonds. The average Bonchev–Trinajstić information content (AvgIpc) is 2.85. The molecule has 1 aliphatic rings. The maximum atomic E-state index is 5.94. The summed E-state index contributed by atoms with van der Waals surface area (Å²) in [7, 11) is 2.14. The van der Waals surface area contributed by atoms with Gasteiger partial charge in [-0.2, -0.15) is 0 Å². The first-order valence-corrected chi connectivity index (χ1v) is 6.79. The summed E-state index contributed by atoms with van der Waals surface area (Å²) in [5.74, 6) is 0. The van der Waals surface area contributed by atoms with Crippen LogP contribution in [0, 0.1) is 6.92 Å². The first-order valence-electron chi connectivity index (χ1n) is 6.79. The summed E-state index contributed by atoms with van der Waals surface area (Å²) < 4.78 is 5.69. The van der Waals surface area contributed by atoms with E-state index in [4.69, 9.17) is 10.5 Å². The molecule has 0 aromatic heterocycles. The lowest BCUT2D eigenvalue weighted by Crippen LogP contribution is -2.36. The molecule has 1 fully saturated rings. The number of hydrogen-bond donors (Lipinski definition) is 1. The molecule has 100 valence electrons. The maximum absolute atomic E-state index is 5.94. The van der Waals surface area contributed by atoms with Crippen LogP contribution < -0.4 is 5.73 Å². The van der Waals surface area contributed by atoms with Gasteiger partial charge in [-0.15, -0.1) is 0 Å². The Morgan fingerprint density at radius 3 is 2.67 bits per heavy atom. The fourth-order valence-corrected chi connectivity index (χ4v) is 2.60. The molecule has 2 N–H and O–H groups in total. The number of nitrogens with two attached hydrogens (primary N) is 1. The van der Waals surface area contributed by atoms with Crippen LogP contribution in [0.2, 0.25) is 0 Å². The van der Waals surface area contributed by atoms with E-state index in [1.54, 1.807) is 0 Å². The minimum Gasteiger partial charge on any atom is -0.377 e. The Hall–Kier alpha value is -0.900. The highest BCUT2D eigenvalue weighted by Gasteiger charge is 2.22. The molecule has 1 aromatic rings. The number of likely N-dealkylation sites (N-methyl/N-ethyl adjacent to an activating group) is 1. The molecular formula is C15H24N2O. The van der Waals surface area contributed by atoms with Crippen molar-refractivity contribution in [2.24, 2.45) is 5.73 Å². The number of nitrogens with zero attached hydrogens (tertiary/aromatic N) is 1. The molecule has 2 atom stereocenters.